The summed E-state index contributed by atoms with van der Waals surface area (Å²) < 4.78 is 5.21. The Balaban J connectivity index is 2.30. The molecule has 116 valence electrons. The standard InChI is InChI=1S/C16H19N3O3/c1-11-3-2-4-13(7-11)19(6-5-15(18)20)16(21)12-8-14(9-17)22-10-12/h2-4,7-8,10H,5-6,9,17H2,1H3,(H2,18,20). The minimum atomic E-state index is -0.458. The Kier molecular flexibility index (Phi) is 4.95. The quantitative estimate of drug-likeness (QED) is 0.845. The van der Waals surface area contributed by atoms with Gasteiger partial charge in [0.25, 0.3) is 5.91 Å². The lowest BCUT2D eigenvalue weighted by Gasteiger charge is -2.22. The number of hydrogen-bond donors (Lipinski definition) is 2. The lowest BCUT2D eigenvalue weighted by molar-refractivity contribution is -0.117. The van der Waals surface area contributed by atoms with Gasteiger partial charge in [-0.3, -0.25) is 9.59 Å². The van der Waals surface area contributed by atoms with Crippen molar-refractivity contribution in [2.24, 2.45) is 11.5 Å². The highest BCUT2D eigenvalue weighted by atomic mass is 16.3. The topological polar surface area (TPSA) is 103 Å². The van der Waals surface area contributed by atoms with E-state index in [9.17, 15) is 9.59 Å². The molecule has 0 aliphatic rings. The molecular weight excluding hydrogens is 282 g/mol. The van der Waals surface area contributed by atoms with Gasteiger partial charge in [0.2, 0.25) is 5.91 Å². The van der Waals surface area contributed by atoms with E-state index in [2.05, 4.69) is 0 Å². The van der Waals surface area contributed by atoms with Crippen molar-refractivity contribution in [2.75, 3.05) is 11.4 Å². The smallest absolute Gasteiger partial charge is 0.261 e. The third-order valence-electron chi connectivity index (χ3n) is 3.24. The summed E-state index contributed by atoms with van der Waals surface area (Å²) >= 11 is 0. The minimum Gasteiger partial charge on any atom is -0.467 e. The Morgan fingerprint density at radius 1 is 1.27 bits per heavy atom. The van der Waals surface area contributed by atoms with Gasteiger partial charge in [0, 0.05) is 18.7 Å². The number of carbonyl (C=O) groups is 2. The zero-order valence-electron chi connectivity index (χ0n) is 12.4. The maximum absolute atomic E-state index is 12.7. The van der Waals surface area contributed by atoms with E-state index in [1.54, 1.807) is 6.07 Å². The molecular formula is C16H19N3O3. The van der Waals surface area contributed by atoms with Gasteiger partial charge < -0.3 is 20.8 Å². The highest BCUT2D eigenvalue weighted by Crippen LogP contribution is 2.20. The normalized spacial score (nSPS) is 10.5. The number of primary amides is 1. The summed E-state index contributed by atoms with van der Waals surface area (Å²) in [7, 11) is 0. The van der Waals surface area contributed by atoms with Crippen LogP contribution in [0.25, 0.3) is 0 Å². The summed E-state index contributed by atoms with van der Waals surface area (Å²) in [5.41, 5.74) is 12.8. The largest absolute Gasteiger partial charge is 0.467 e. The van der Waals surface area contributed by atoms with E-state index in [1.807, 2.05) is 31.2 Å². The van der Waals surface area contributed by atoms with Gasteiger partial charge in [0.05, 0.1) is 12.1 Å². The fourth-order valence-corrected chi connectivity index (χ4v) is 2.12. The second-order valence-electron chi connectivity index (χ2n) is 5.02. The first-order valence-corrected chi connectivity index (χ1v) is 6.95. The number of nitrogens with zero attached hydrogens (tertiary/aromatic N) is 1. The molecule has 0 aliphatic carbocycles. The molecule has 0 unspecified atom stereocenters. The predicted molar refractivity (Wildman–Crippen MR) is 83.3 cm³/mol. The van der Waals surface area contributed by atoms with Crippen molar-refractivity contribution < 1.29 is 14.0 Å². The molecule has 1 aromatic carbocycles. The molecule has 0 saturated heterocycles. The molecule has 0 bridgehead atoms. The maximum Gasteiger partial charge on any atom is 0.261 e. The molecule has 22 heavy (non-hydrogen) atoms. The minimum absolute atomic E-state index is 0.0846. The number of hydrogen-bond acceptors (Lipinski definition) is 4. The van der Waals surface area contributed by atoms with Crippen molar-refractivity contribution >= 4 is 17.5 Å². The summed E-state index contributed by atoms with van der Waals surface area (Å²) in [6.07, 6.45) is 1.46. The summed E-state index contributed by atoms with van der Waals surface area (Å²) in [6.45, 7) is 2.37. The van der Waals surface area contributed by atoms with E-state index in [0.29, 0.717) is 17.0 Å². The zero-order valence-corrected chi connectivity index (χ0v) is 12.4. The lowest BCUT2D eigenvalue weighted by Crippen LogP contribution is -2.34. The second-order valence-corrected chi connectivity index (χ2v) is 5.02. The van der Waals surface area contributed by atoms with Crippen molar-refractivity contribution in [1.82, 2.24) is 0 Å². The molecule has 0 atom stereocenters. The SMILES string of the molecule is Cc1cccc(N(CCC(N)=O)C(=O)c2coc(CN)c2)c1. The third kappa shape index (κ3) is 3.73. The highest BCUT2D eigenvalue weighted by molar-refractivity contribution is 6.06. The van der Waals surface area contributed by atoms with Crippen molar-refractivity contribution in [3.8, 4) is 0 Å². The molecule has 2 amide bonds. The van der Waals surface area contributed by atoms with Gasteiger partial charge >= 0.3 is 0 Å². The van der Waals surface area contributed by atoms with Crippen LogP contribution in [0.1, 0.15) is 28.1 Å². The molecule has 0 aliphatic heterocycles. The first-order valence-electron chi connectivity index (χ1n) is 6.95. The van der Waals surface area contributed by atoms with Crippen LogP contribution in [-0.2, 0) is 11.3 Å². The molecule has 2 rings (SSSR count). The van der Waals surface area contributed by atoms with Crippen LogP contribution < -0.4 is 16.4 Å². The van der Waals surface area contributed by atoms with Crippen molar-refractivity contribution in [1.29, 1.82) is 0 Å². The summed E-state index contributed by atoms with van der Waals surface area (Å²) in [6, 6.07) is 9.09. The van der Waals surface area contributed by atoms with Crippen LogP contribution in [0.5, 0.6) is 0 Å². The molecule has 2 aromatic rings. The van der Waals surface area contributed by atoms with Crippen LogP contribution in [0.4, 0.5) is 5.69 Å². The Hall–Kier alpha value is -2.60. The average molecular weight is 301 g/mol. The number of nitrogens with two attached hydrogens (primary N) is 2. The van der Waals surface area contributed by atoms with Gasteiger partial charge in [-0.15, -0.1) is 0 Å². The molecule has 6 heteroatoms. The van der Waals surface area contributed by atoms with Crippen LogP contribution in [0.3, 0.4) is 0 Å². The van der Waals surface area contributed by atoms with E-state index in [1.165, 1.54) is 11.2 Å². The predicted octanol–water partition coefficient (Wildman–Crippen LogP) is 1.57. The van der Waals surface area contributed by atoms with Gasteiger partial charge in [-0.1, -0.05) is 12.1 Å². The van der Waals surface area contributed by atoms with Gasteiger partial charge in [-0.2, -0.15) is 0 Å². The Bertz CT molecular complexity index is 679. The van der Waals surface area contributed by atoms with Crippen molar-refractivity contribution in [2.45, 2.75) is 19.9 Å². The Morgan fingerprint density at radius 3 is 2.64 bits per heavy atom. The zero-order chi connectivity index (χ0) is 16.1. The van der Waals surface area contributed by atoms with Crippen LogP contribution >= 0.6 is 0 Å². The molecule has 6 nitrogen and oxygen atoms in total. The van der Waals surface area contributed by atoms with Crippen LogP contribution in [-0.4, -0.2) is 18.4 Å². The molecule has 0 radical (unpaired) electrons. The number of benzene rings is 1. The fraction of sp³-hybridized carbons (Fsp3) is 0.250. The molecule has 1 aromatic heterocycles. The van der Waals surface area contributed by atoms with E-state index < -0.39 is 5.91 Å². The third-order valence-corrected chi connectivity index (χ3v) is 3.24. The monoisotopic (exact) mass is 301 g/mol. The number of furan rings is 1. The number of amides is 2. The van der Waals surface area contributed by atoms with Gasteiger partial charge in [-0.05, 0) is 30.7 Å². The first kappa shape index (κ1) is 15.8. The van der Waals surface area contributed by atoms with Crippen molar-refractivity contribution in [3.63, 3.8) is 0 Å². The lowest BCUT2D eigenvalue weighted by atomic mass is 10.1. The molecule has 4 N–H and O–H groups in total. The molecule has 0 fully saturated rings. The van der Waals surface area contributed by atoms with Crippen LogP contribution in [0.15, 0.2) is 41.0 Å². The number of aryl methyl sites for hydroxylation is 1. The second kappa shape index (κ2) is 6.91. The summed E-state index contributed by atoms with van der Waals surface area (Å²) in [5, 5.41) is 0. The van der Waals surface area contributed by atoms with Crippen molar-refractivity contribution in [3.05, 3.63) is 53.5 Å². The van der Waals surface area contributed by atoms with E-state index in [-0.39, 0.29) is 25.4 Å². The van der Waals surface area contributed by atoms with E-state index in [4.69, 9.17) is 15.9 Å². The first-order chi connectivity index (χ1) is 10.5. The van der Waals surface area contributed by atoms with Gasteiger partial charge in [-0.25, -0.2) is 0 Å². The van der Waals surface area contributed by atoms with Crippen LogP contribution in [0, 0.1) is 6.92 Å². The van der Waals surface area contributed by atoms with E-state index in [0.717, 1.165) is 5.56 Å². The molecule has 1 heterocycles. The number of carbonyl (C=O) groups excluding carboxylic acids is 2. The Morgan fingerprint density at radius 2 is 2.05 bits per heavy atom. The summed E-state index contributed by atoms with van der Waals surface area (Å²) in [5.74, 6) is -0.182. The maximum atomic E-state index is 12.7. The number of anilines is 1. The Labute approximate surface area is 128 Å². The molecule has 0 spiro atoms. The van der Waals surface area contributed by atoms with Gasteiger partial charge in [0.1, 0.15) is 12.0 Å². The van der Waals surface area contributed by atoms with Crippen LogP contribution in [0.2, 0.25) is 0 Å². The van der Waals surface area contributed by atoms with E-state index >= 15 is 0 Å². The molecule has 0 saturated carbocycles. The fourth-order valence-electron chi connectivity index (χ4n) is 2.12. The highest BCUT2D eigenvalue weighted by Gasteiger charge is 2.20. The van der Waals surface area contributed by atoms with Gasteiger partial charge in [0.15, 0.2) is 0 Å². The number of rotatable bonds is 6. The summed E-state index contributed by atoms with van der Waals surface area (Å²) in [4.78, 5) is 25.2. The average Bonchev–Trinajstić information content (AvgIpc) is 2.96.